The standard InChI is InChI=1S/C22H20N4/c1-15-7-5-9-17(13-15)26(18-10-6-8-16(2)14-18)22-21(23)24-19-11-3-4-12-20(19)25-22/h3-14H,1-2H3,(H2,23,24). The Morgan fingerprint density at radius 1 is 0.692 bits per heavy atom. The Kier molecular flexibility index (Phi) is 4.01. The topological polar surface area (TPSA) is 55.0 Å². The Bertz CT molecular complexity index is 1040. The second kappa shape index (κ2) is 6.48. The first kappa shape index (κ1) is 16.1. The minimum atomic E-state index is 0.409. The number of para-hydroxylation sites is 2. The molecule has 2 N–H and O–H groups in total. The summed E-state index contributed by atoms with van der Waals surface area (Å²) in [4.78, 5) is 11.5. The maximum absolute atomic E-state index is 6.32. The van der Waals surface area contributed by atoms with E-state index in [1.54, 1.807) is 0 Å². The molecule has 0 saturated heterocycles. The van der Waals surface area contributed by atoms with E-state index in [0.29, 0.717) is 11.6 Å². The SMILES string of the molecule is Cc1cccc(N(c2cccc(C)c2)c2nc3ccccc3nc2N)c1. The van der Waals surface area contributed by atoms with Crippen molar-refractivity contribution in [1.82, 2.24) is 9.97 Å². The second-order valence-corrected chi connectivity index (χ2v) is 6.43. The molecule has 0 spiro atoms. The first-order chi connectivity index (χ1) is 12.6. The summed E-state index contributed by atoms with van der Waals surface area (Å²) in [6.07, 6.45) is 0. The van der Waals surface area contributed by atoms with E-state index in [-0.39, 0.29) is 0 Å². The van der Waals surface area contributed by atoms with Crippen molar-refractivity contribution in [3.63, 3.8) is 0 Å². The van der Waals surface area contributed by atoms with Crippen molar-refractivity contribution in [3.8, 4) is 0 Å². The van der Waals surface area contributed by atoms with Gasteiger partial charge < -0.3 is 5.73 Å². The van der Waals surface area contributed by atoms with Gasteiger partial charge >= 0.3 is 0 Å². The van der Waals surface area contributed by atoms with Crippen molar-refractivity contribution in [2.45, 2.75) is 13.8 Å². The molecular weight excluding hydrogens is 320 g/mol. The quantitative estimate of drug-likeness (QED) is 0.550. The molecule has 0 aliphatic heterocycles. The number of aryl methyl sites for hydroxylation is 2. The third kappa shape index (κ3) is 2.97. The van der Waals surface area contributed by atoms with Crippen LogP contribution in [0.2, 0.25) is 0 Å². The van der Waals surface area contributed by atoms with Gasteiger partial charge in [-0.15, -0.1) is 0 Å². The number of nitrogens with two attached hydrogens (primary N) is 1. The molecule has 0 fully saturated rings. The van der Waals surface area contributed by atoms with E-state index in [1.807, 2.05) is 36.4 Å². The molecule has 0 saturated carbocycles. The number of anilines is 4. The summed E-state index contributed by atoms with van der Waals surface area (Å²) < 4.78 is 0. The fourth-order valence-corrected chi connectivity index (χ4v) is 3.10. The van der Waals surface area contributed by atoms with Gasteiger partial charge in [0, 0.05) is 11.4 Å². The van der Waals surface area contributed by atoms with Crippen LogP contribution in [0.1, 0.15) is 11.1 Å². The molecule has 0 aliphatic rings. The Morgan fingerprint density at radius 2 is 1.23 bits per heavy atom. The van der Waals surface area contributed by atoms with Gasteiger partial charge in [0.2, 0.25) is 0 Å². The summed E-state index contributed by atoms with van der Waals surface area (Å²) in [6.45, 7) is 4.15. The van der Waals surface area contributed by atoms with Crippen molar-refractivity contribution in [1.29, 1.82) is 0 Å². The smallest absolute Gasteiger partial charge is 0.181 e. The van der Waals surface area contributed by atoms with Crippen molar-refractivity contribution in [2.24, 2.45) is 0 Å². The van der Waals surface area contributed by atoms with Crippen LogP contribution in [0.5, 0.6) is 0 Å². The zero-order valence-corrected chi connectivity index (χ0v) is 14.8. The van der Waals surface area contributed by atoms with Crippen LogP contribution in [0.15, 0.2) is 72.8 Å². The minimum absolute atomic E-state index is 0.409. The van der Waals surface area contributed by atoms with E-state index in [2.05, 4.69) is 60.1 Å². The number of rotatable bonds is 3. The first-order valence-corrected chi connectivity index (χ1v) is 8.57. The molecule has 4 rings (SSSR count). The molecule has 3 aromatic carbocycles. The van der Waals surface area contributed by atoms with E-state index < -0.39 is 0 Å². The minimum Gasteiger partial charge on any atom is -0.381 e. The molecule has 0 bridgehead atoms. The van der Waals surface area contributed by atoms with Gasteiger partial charge in [-0.05, 0) is 61.4 Å². The third-order valence-corrected chi connectivity index (χ3v) is 4.31. The van der Waals surface area contributed by atoms with Gasteiger partial charge in [-0.3, -0.25) is 4.90 Å². The molecule has 4 heteroatoms. The average molecular weight is 340 g/mol. The van der Waals surface area contributed by atoms with Gasteiger partial charge in [-0.25, -0.2) is 9.97 Å². The summed E-state index contributed by atoms with van der Waals surface area (Å²) in [6, 6.07) is 24.4. The zero-order chi connectivity index (χ0) is 18.1. The summed E-state index contributed by atoms with van der Waals surface area (Å²) in [5.74, 6) is 1.05. The van der Waals surface area contributed by atoms with Gasteiger partial charge in [-0.2, -0.15) is 0 Å². The van der Waals surface area contributed by atoms with E-state index in [1.165, 1.54) is 11.1 Å². The van der Waals surface area contributed by atoms with Gasteiger partial charge in [-0.1, -0.05) is 36.4 Å². The number of nitrogens with zero attached hydrogens (tertiary/aromatic N) is 3. The van der Waals surface area contributed by atoms with E-state index >= 15 is 0 Å². The van der Waals surface area contributed by atoms with E-state index in [0.717, 1.165) is 22.4 Å². The number of hydrogen-bond acceptors (Lipinski definition) is 4. The average Bonchev–Trinajstić information content (AvgIpc) is 2.63. The summed E-state index contributed by atoms with van der Waals surface area (Å²) >= 11 is 0. The van der Waals surface area contributed by atoms with Crippen LogP contribution < -0.4 is 10.6 Å². The number of nitrogen functional groups attached to an aromatic ring is 1. The molecule has 4 aromatic rings. The summed E-state index contributed by atoms with van der Waals surface area (Å²) in [5, 5.41) is 0. The van der Waals surface area contributed by atoms with E-state index in [4.69, 9.17) is 10.7 Å². The Morgan fingerprint density at radius 3 is 1.77 bits per heavy atom. The molecule has 0 radical (unpaired) electrons. The van der Waals surface area contributed by atoms with Gasteiger partial charge in [0.25, 0.3) is 0 Å². The number of hydrogen-bond donors (Lipinski definition) is 1. The second-order valence-electron chi connectivity index (χ2n) is 6.43. The van der Waals surface area contributed by atoms with E-state index in [9.17, 15) is 0 Å². The maximum atomic E-state index is 6.32. The van der Waals surface area contributed by atoms with Crippen molar-refractivity contribution in [2.75, 3.05) is 10.6 Å². The van der Waals surface area contributed by atoms with Crippen LogP contribution >= 0.6 is 0 Å². The Balaban J connectivity index is 1.98. The summed E-state index contributed by atoms with van der Waals surface area (Å²) in [5.41, 5.74) is 12.3. The molecule has 0 atom stereocenters. The first-order valence-electron chi connectivity index (χ1n) is 8.57. The van der Waals surface area contributed by atoms with Crippen LogP contribution in [0.4, 0.5) is 23.0 Å². The molecule has 0 aliphatic carbocycles. The largest absolute Gasteiger partial charge is 0.381 e. The summed E-state index contributed by atoms with van der Waals surface area (Å²) in [7, 11) is 0. The molecule has 4 nitrogen and oxygen atoms in total. The van der Waals surface area contributed by atoms with Crippen molar-refractivity contribution >= 4 is 34.0 Å². The van der Waals surface area contributed by atoms with Gasteiger partial charge in [0.1, 0.15) is 0 Å². The van der Waals surface area contributed by atoms with Gasteiger partial charge in [0.15, 0.2) is 11.6 Å². The van der Waals surface area contributed by atoms with Crippen LogP contribution in [-0.2, 0) is 0 Å². The molecule has 1 aromatic heterocycles. The fourth-order valence-electron chi connectivity index (χ4n) is 3.10. The highest BCUT2D eigenvalue weighted by Crippen LogP contribution is 2.37. The number of fused-ring (bicyclic) bond motifs is 1. The number of aromatic nitrogens is 2. The molecular formula is C22H20N4. The molecule has 1 heterocycles. The monoisotopic (exact) mass is 340 g/mol. The lowest BCUT2D eigenvalue weighted by Crippen LogP contribution is -2.15. The lowest BCUT2D eigenvalue weighted by atomic mass is 10.1. The molecule has 0 unspecified atom stereocenters. The Labute approximate surface area is 152 Å². The van der Waals surface area contributed by atoms with Crippen LogP contribution in [0.3, 0.4) is 0 Å². The predicted molar refractivity (Wildman–Crippen MR) is 108 cm³/mol. The molecule has 0 amide bonds. The van der Waals surface area contributed by atoms with Gasteiger partial charge in [0.05, 0.1) is 11.0 Å². The normalized spacial score (nSPS) is 10.8. The van der Waals surface area contributed by atoms with Crippen LogP contribution in [0, 0.1) is 13.8 Å². The lowest BCUT2D eigenvalue weighted by molar-refractivity contribution is 1.17. The fraction of sp³-hybridized carbons (Fsp3) is 0.0909. The maximum Gasteiger partial charge on any atom is 0.181 e. The van der Waals surface area contributed by atoms with Crippen molar-refractivity contribution in [3.05, 3.63) is 83.9 Å². The highest BCUT2D eigenvalue weighted by atomic mass is 15.2. The lowest BCUT2D eigenvalue weighted by Gasteiger charge is -2.26. The predicted octanol–water partition coefficient (Wildman–Crippen LogP) is 5.30. The Hall–Kier alpha value is -3.40. The van der Waals surface area contributed by atoms with Crippen LogP contribution in [0.25, 0.3) is 11.0 Å². The van der Waals surface area contributed by atoms with Crippen LogP contribution in [-0.4, -0.2) is 9.97 Å². The molecule has 128 valence electrons. The highest BCUT2D eigenvalue weighted by Gasteiger charge is 2.18. The highest BCUT2D eigenvalue weighted by molar-refractivity contribution is 5.86. The molecule has 26 heavy (non-hydrogen) atoms. The number of benzene rings is 3. The third-order valence-electron chi connectivity index (χ3n) is 4.31. The van der Waals surface area contributed by atoms with Crippen molar-refractivity contribution < 1.29 is 0 Å². The zero-order valence-electron chi connectivity index (χ0n) is 14.8.